The molecule has 1 rings (SSSR count). The first-order chi connectivity index (χ1) is 7.91. The minimum atomic E-state index is -0.733. The first-order valence-electron chi connectivity index (χ1n) is 5.58. The fourth-order valence-corrected chi connectivity index (χ4v) is 2.00. The summed E-state index contributed by atoms with van der Waals surface area (Å²) in [5, 5.41) is 12.8. The lowest BCUT2D eigenvalue weighted by molar-refractivity contribution is -0.139. The molecule has 0 unspecified atom stereocenters. The van der Waals surface area contributed by atoms with Crippen LogP contribution in [0.3, 0.4) is 0 Å². The molecule has 1 N–H and O–H groups in total. The fraction of sp³-hybridized carbons (Fsp3) is 0.538. The highest BCUT2D eigenvalue weighted by molar-refractivity contribution is 5.80. The third-order valence-corrected chi connectivity index (χ3v) is 3.14. The minimum absolute atomic E-state index is 0.0749. The lowest BCUT2D eigenvalue weighted by Gasteiger charge is -1.97. The molecule has 0 aromatic carbocycles. The molecule has 1 saturated carbocycles. The molecule has 0 amide bonds. The number of oxime groups is 1. The summed E-state index contributed by atoms with van der Waals surface area (Å²) < 4.78 is 0. The Balaban J connectivity index is 2.56. The highest BCUT2D eigenvalue weighted by Crippen LogP contribution is 2.59. The van der Waals surface area contributed by atoms with Crippen molar-refractivity contribution < 1.29 is 14.7 Å². The van der Waals surface area contributed by atoms with Crippen molar-refractivity contribution in [1.82, 2.24) is 0 Å². The van der Waals surface area contributed by atoms with Crippen LogP contribution in [-0.4, -0.2) is 23.9 Å². The van der Waals surface area contributed by atoms with Crippen molar-refractivity contribution >= 4 is 12.2 Å². The first-order valence-corrected chi connectivity index (χ1v) is 5.58. The Bertz CT molecular complexity index is 369. The topological polar surface area (TPSA) is 58.9 Å². The molecule has 1 fully saturated rings. The van der Waals surface area contributed by atoms with Gasteiger partial charge in [0.15, 0.2) is 0 Å². The average molecular weight is 237 g/mol. The number of hydrogen-bond donors (Lipinski definition) is 1. The van der Waals surface area contributed by atoms with Gasteiger partial charge in [-0.2, -0.15) is 0 Å². The van der Waals surface area contributed by atoms with Gasteiger partial charge in [-0.15, -0.1) is 0 Å². The predicted octanol–water partition coefficient (Wildman–Crippen LogP) is 2.48. The Morgan fingerprint density at radius 1 is 1.59 bits per heavy atom. The average Bonchev–Trinajstić information content (AvgIpc) is 2.75. The summed E-state index contributed by atoms with van der Waals surface area (Å²) in [6.07, 6.45) is 5.15. The van der Waals surface area contributed by atoms with E-state index in [0.29, 0.717) is 6.61 Å². The molecule has 0 aromatic heterocycles. The summed E-state index contributed by atoms with van der Waals surface area (Å²) >= 11 is 0. The van der Waals surface area contributed by atoms with Crippen molar-refractivity contribution in [3.8, 4) is 0 Å². The van der Waals surface area contributed by atoms with Gasteiger partial charge in [-0.05, 0) is 23.8 Å². The van der Waals surface area contributed by atoms with Gasteiger partial charge in [-0.1, -0.05) is 37.7 Å². The molecule has 0 aliphatic heterocycles. The van der Waals surface area contributed by atoms with Gasteiger partial charge in [0.05, 0.1) is 12.1 Å². The summed E-state index contributed by atoms with van der Waals surface area (Å²) in [6, 6.07) is 0. The smallest absolute Gasteiger partial charge is 0.307 e. The molecule has 4 heteroatoms. The van der Waals surface area contributed by atoms with Crippen LogP contribution >= 0.6 is 0 Å². The maximum absolute atomic E-state index is 11.0. The Morgan fingerprint density at radius 3 is 2.71 bits per heavy atom. The number of carbonyl (C=O) groups is 1. The highest BCUT2D eigenvalue weighted by Gasteiger charge is 2.60. The van der Waals surface area contributed by atoms with E-state index in [0.717, 1.165) is 5.57 Å². The number of aliphatic carboxylic acids is 1. The zero-order valence-corrected chi connectivity index (χ0v) is 10.5. The molecule has 1 aliphatic carbocycles. The van der Waals surface area contributed by atoms with Gasteiger partial charge >= 0.3 is 5.97 Å². The number of nitrogens with zero attached hydrogens (tertiary/aromatic N) is 1. The van der Waals surface area contributed by atoms with Gasteiger partial charge in [0, 0.05) is 0 Å². The Labute approximate surface area is 102 Å². The van der Waals surface area contributed by atoms with Gasteiger partial charge in [0.1, 0.15) is 6.61 Å². The Morgan fingerprint density at radius 2 is 2.24 bits per heavy atom. The Kier molecular flexibility index (Phi) is 4.10. The van der Waals surface area contributed by atoms with Crippen molar-refractivity contribution in [3.05, 3.63) is 24.3 Å². The second-order valence-electron chi connectivity index (χ2n) is 4.89. The normalized spacial score (nSPS) is 26.9. The number of rotatable bonds is 6. The van der Waals surface area contributed by atoms with E-state index >= 15 is 0 Å². The SMILES string of the molecule is C=CCO/N=C/C(C)=C/[C@@H]1[C@@H](C(=O)O)C1(C)C. The van der Waals surface area contributed by atoms with Gasteiger partial charge in [0.25, 0.3) is 0 Å². The minimum Gasteiger partial charge on any atom is -0.481 e. The van der Waals surface area contributed by atoms with E-state index in [4.69, 9.17) is 9.94 Å². The van der Waals surface area contributed by atoms with Crippen LogP contribution < -0.4 is 0 Å². The van der Waals surface area contributed by atoms with Gasteiger partial charge < -0.3 is 9.94 Å². The molecule has 2 atom stereocenters. The van der Waals surface area contributed by atoms with E-state index in [2.05, 4.69) is 11.7 Å². The molecular weight excluding hydrogens is 218 g/mol. The van der Waals surface area contributed by atoms with E-state index in [1.807, 2.05) is 26.8 Å². The Hall–Kier alpha value is -1.58. The van der Waals surface area contributed by atoms with Crippen LogP contribution in [0, 0.1) is 17.3 Å². The van der Waals surface area contributed by atoms with Gasteiger partial charge in [0.2, 0.25) is 0 Å². The van der Waals surface area contributed by atoms with Crippen LogP contribution in [0.2, 0.25) is 0 Å². The molecular formula is C13H19NO3. The van der Waals surface area contributed by atoms with E-state index in [-0.39, 0.29) is 17.3 Å². The lowest BCUT2D eigenvalue weighted by atomic mass is 10.1. The molecule has 0 heterocycles. The second kappa shape index (κ2) is 5.17. The third kappa shape index (κ3) is 3.19. The van der Waals surface area contributed by atoms with Crippen LogP contribution in [-0.2, 0) is 9.63 Å². The molecule has 94 valence electrons. The summed E-state index contributed by atoms with van der Waals surface area (Å²) in [4.78, 5) is 15.8. The van der Waals surface area contributed by atoms with Crippen molar-refractivity contribution in [3.63, 3.8) is 0 Å². The van der Waals surface area contributed by atoms with Crippen LogP contribution in [0.1, 0.15) is 20.8 Å². The maximum Gasteiger partial charge on any atom is 0.307 e. The predicted molar refractivity (Wildman–Crippen MR) is 66.8 cm³/mol. The van der Waals surface area contributed by atoms with Crippen molar-refractivity contribution in [2.75, 3.05) is 6.61 Å². The van der Waals surface area contributed by atoms with Crippen LogP contribution in [0.4, 0.5) is 0 Å². The number of allylic oxidation sites excluding steroid dienone is 2. The van der Waals surface area contributed by atoms with Crippen molar-refractivity contribution in [2.45, 2.75) is 20.8 Å². The highest BCUT2D eigenvalue weighted by atomic mass is 16.6. The molecule has 0 aromatic rings. The summed E-state index contributed by atoms with van der Waals surface area (Å²) in [5.41, 5.74) is 0.749. The standard InChI is InChI=1S/C13H19NO3/c1-5-6-17-14-8-9(2)7-10-11(12(15)16)13(10,3)4/h5,7-8,10-11H,1,6H2,2-4H3,(H,15,16)/b9-7+,14-8+/t10-,11+/m1/s1. The monoisotopic (exact) mass is 237 g/mol. The molecule has 0 radical (unpaired) electrons. The van der Waals surface area contributed by atoms with Crippen molar-refractivity contribution in [1.29, 1.82) is 0 Å². The van der Waals surface area contributed by atoms with E-state index in [1.165, 1.54) is 0 Å². The molecule has 1 aliphatic rings. The van der Waals surface area contributed by atoms with E-state index in [1.54, 1.807) is 12.3 Å². The van der Waals surface area contributed by atoms with E-state index < -0.39 is 5.97 Å². The van der Waals surface area contributed by atoms with Gasteiger partial charge in [-0.3, -0.25) is 4.79 Å². The molecule has 0 saturated heterocycles. The van der Waals surface area contributed by atoms with Crippen LogP contribution in [0.5, 0.6) is 0 Å². The maximum atomic E-state index is 11.0. The number of carboxylic acids is 1. The fourth-order valence-electron chi connectivity index (χ4n) is 2.00. The van der Waals surface area contributed by atoms with Gasteiger partial charge in [-0.25, -0.2) is 0 Å². The zero-order chi connectivity index (χ0) is 13.1. The summed E-state index contributed by atoms with van der Waals surface area (Å²) in [6.45, 7) is 9.69. The zero-order valence-electron chi connectivity index (χ0n) is 10.5. The molecule has 0 spiro atoms. The van der Waals surface area contributed by atoms with E-state index in [9.17, 15) is 4.79 Å². The molecule has 4 nitrogen and oxygen atoms in total. The third-order valence-electron chi connectivity index (χ3n) is 3.14. The first kappa shape index (κ1) is 13.5. The number of carboxylic acid groups (broad SMARTS) is 1. The largest absolute Gasteiger partial charge is 0.481 e. The van der Waals surface area contributed by atoms with Crippen LogP contribution in [0.25, 0.3) is 0 Å². The van der Waals surface area contributed by atoms with Crippen molar-refractivity contribution in [2.24, 2.45) is 22.4 Å². The summed E-state index contributed by atoms with van der Waals surface area (Å²) in [5.74, 6) is -0.949. The number of hydrogen-bond acceptors (Lipinski definition) is 3. The second-order valence-corrected chi connectivity index (χ2v) is 4.89. The quantitative estimate of drug-likeness (QED) is 0.334. The summed E-state index contributed by atoms with van der Waals surface area (Å²) in [7, 11) is 0. The molecule has 17 heavy (non-hydrogen) atoms. The molecule has 0 bridgehead atoms. The lowest BCUT2D eigenvalue weighted by Crippen LogP contribution is -2.03. The van der Waals surface area contributed by atoms with Crippen LogP contribution in [0.15, 0.2) is 29.5 Å².